The Balaban J connectivity index is 1.88. The number of rotatable bonds is 8. The molecule has 6 heteroatoms. The minimum Gasteiger partial charge on any atom is -0.494 e. The van der Waals surface area contributed by atoms with E-state index in [-0.39, 0.29) is 11.6 Å². The summed E-state index contributed by atoms with van der Waals surface area (Å²) in [5.41, 5.74) is 4.28. The second kappa shape index (κ2) is 11.0. The summed E-state index contributed by atoms with van der Waals surface area (Å²) in [5, 5.41) is 7.73. The van der Waals surface area contributed by atoms with E-state index in [9.17, 15) is 9.59 Å². The van der Waals surface area contributed by atoms with E-state index in [1.54, 1.807) is 0 Å². The maximum absolute atomic E-state index is 13.9. The molecule has 0 saturated carbocycles. The third kappa shape index (κ3) is 5.08. The van der Waals surface area contributed by atoms with Crippen molar-refractivity contribution in [3.05, 3.63) is 106 Å². The first-order valence-corrected chi connectivity index (χ1v) is 12.2. The van der Waals surface area contributed by atoms with Gasteiger partial charge in [-0.2, -0.15) is 5.10 Å². The van der Waals surface area contributed by atoms with Crippen LogP contribution in [0.25, 0.3) is 22.4 Å². The number of carbonyl (C=O) groups excluding carboxylic acids is 1. The Morgan fingerprint density at radius 3 is 2.22 bits per heavy atom. The van der Waals surface area contributed by atoms with Crippen LogP contribution >= 0.6 is 0 Å². The van der Waals surface area contributed by atoms with Gasteiger partial charge >= 0.3 is 0 Å². The lowest BCUT2D eigenvalue weighted by atomic mass is 9.94. The Hall–Kier alpha value is -4.19. The van der Waals surface area contributed by atoms with Crippen molar-refractivity contribution >= 4 is 5.91 Å². The van der Waals surface area contributed by atoms with Crippen LogP contribution in [0.5, 0.6) is 5.75 Å². The summed E-state index contributed by atoms with van der Waals surface area (Å²) in [5.74, 6) is 0.266. The van der Waals surface area contributed by atoms with Crippen molar-refractivity contribution in [3.63, 3.8) is 0 Å². The number of amides is 1. The quantitative estimate of drug-likeness (QED) is 0.345. The Morgan fingerprint density at radius 2 is 1.61 bits per heavy atom. The van der Waals surface area contributed by atoms with E-state index in [1.165, 1.54) is 4.68 Å². The van der Waals surface area contributed by atoms with E-state index < -0.39 is 11.5 Å². The van der Waals surface area contributed by atoms with Gasteiger partial charge in [0.05, 0.1) is 18.3 Å². The third-order valence-electron chi connectivity index (χ3n) is 6.07. The molecule has 4 rings (SSSR count). The van der Waals surface area contributed by atoms with Crippen LogP contribution in [0.1, 0.15) is 48.3 Å². The van der Waals surface area contributed by atoms with Gasteiger partial charge in [0.2, 0.25) is 0 Å². The van der Waals surface area contributed by atoms with Crippen LogP contribution in [-0.4, -0.2) is 22.3 Å². The topological polar surface area (TPSA) is 73.2 Å². The van der Waals surface area contributed by atoms with Crippen molar-refractivity contribution in [2.45, 2.75) is 40.3 Å². The maximum atomic E-state index is 13.9. The average molecular weight is 482 g/mol. The molecule has 0 bridgehead atoms. The number of nitrogens with one attached hydrogen (secondary N) is 1. The van der Waals surface area contributed by atoms with Gasteiger partial charge in [0.25, 0.3) is 11.5 Å². The number of ether oxygens (including phenoxy) is 1. The van der Waals surface area contributed by atoms with Crippen LogP contribution in [0, 0.1) is 6.92 Å². The predicted octanol–water partition coefficient (Wildman–Crippen LogP) is 5.80. The van der Waals surface area contributed by atoms with Crippen molar-refractivity contribution in [1.29, 1.82) is 0 Å². The van der Waals surface area contributed by atoms with E-state index in [1.807, 2.05) is 107 Å². The highest BCUT2D eigenvalue weighted by molar-refractivity contribution is 6.03. The molecule has 3 aromatic carbocycles. The van der Waals surface area contributed by atoms with Gasteiger partial charge in [0, 0.05) is 23.2 Å². The monoisotopic (exact) mass is 481 g/mol. The fraction of sp³-hybridized carbons (Fsp3) is 0.233. The van der Waals surface area contributed by atoms with E-state index in [2.05, 4.69) is 10.4 Å². The number of aryl methyl sites for hydroxylation is 2. The molecule has 1 aromatic heterocycles. The number of nitrogens with zero attached hydrogens (tertiary/aromatic N) is 2. The minimum absolute atomic E-state index is 0.0781. The minimum atomic E-state index is -0.447. The third-order valence-corrected chi connectivity index (χ3v) is 6.07. The SMILES string of the molecule is CCOc1ccc(C)cc1C(C)NC(=O)c1c(-c2ccccc2)c(-c2ccccc2)nn(CC)c1=O. The maximum Gasteiger partial charge on any atom is 0.280 e. The number of aromatic nitrogens is 2. The van der Waals surface area contributed by atoms with E-state index in [4.69, 9.17) is 4.74 Å². The molecule has 0 radical (unpaired) electrons. The summed E-state index contributed by atoms with van der Waals surface area (Å²) in [4.78, 5) is 27.4. The fourth-order valence-electron chi connectivity index (χ4n) is 4.32. The molecule has 0 aliphatic carbocycles. The highest BCUT2D eigenvalue weighted by Gasteiger charge is 2.26. The second-order valence-corrected chi connectivity index (χ2v) is 8.62. The zero-order valence-electron chi connectivity index (χ0n) is 21.1. The molecule has 1 heterocycles. The average Bonchev–Trinajstić information content (AvgIpc) is 2.90. The first-order chi connectivity index (χ1) is 17.4. The molecular weight excluding hydrogens is 450 g/mol. The molecule has 36 heavy (non-hydrogen) atoms. The molecule has 0 aliphatic rings. The number of hydrogen-bond acceptors (Lipinski definition) is 4. The van der Waals surface area contributed by atoms with Crippen LogP contribution < -0.4 is 15.6 Å². The molecule has 184 valence electrons. The van der Waals surface area contributed by atoms with Gasteiger partial charge in [-0.15, -0.1) is 0 Å². The standard InChI is InChI=1S/C30H31N3O3/c1-5-33-30(35)27(29(34)31-21(4)24-19-20(3)17-18-25(24)36-6-2)26(22-13-9-7-10-14-22)28(32-33)23-15-11-8-12-16-23/h7-19,21H,5-6H2,1-4H3,(H,31,34). The van der Waals surface area contributed by atoms with Crippen LogP contribution in [0.2, 0.25) is 0 Å². The summed E-state index contributed by atoms with van der Waals surface area (Å²) >= 11 is 0. The molecule has 1 amide bonds. The molecule has 0 fully saturated rings. The fourth-order valence-corrected chi connectivity index (χ4v) is 4.32. The lowest BCUT2D eigenvalue weighted by molar-refractivity contribution is 0.0937. The first kappa shape index (κ1) is 24.9. The van der Waals surface area contributed by atoms with Crippen LogP contribution in [-0.2, 0) is 6.54 Å². The van der Waals surface area contributed by atoms with Crippen LogP contribution in [0.4, 0.5) is 0 Å². The highest BCUT2D eigenvalue weighted by atomic mass is 16.5. The number of benzene rings is 3. The van der Waals surface area contributed by atoms with Gasteiger partial charge in [-0.25, -0.2) is 4.68 Å². The van der Waals surface area contributed by atoms with Gasteiger partial charge in [-0.1, -0.05) is 78.4 Å². The van der Waals surface area contributed by atoms with E-state index in [0.717, 1.165) is 22.3 Å². The molecule has 0 aliphatic heterocycles. The molecule has 0 spiro atoms. The highest BCUT2D eigenvalue weighted by Crippen LogP contribution is 2.33. The predicted molar refractivity (Wildman–Crippen MR) is 143 cm³/mol. The molecule has 6 nitrogen and oxygen atoms in total. The molecule has 1 unspecified atom stereocenters. The summed E-state index contributed by atoms with van der Waals surface area (Å²) in [7, 11) is 0. The van der Waals surface area contributed by atoms with Crippen molar-refractivity contribution in [2.24, 2.45) is 0 Å². The largest absolute Gasteiger partial charge is 0.494 e. The van der Waals surface area contributed by atoms with Crippen molar-refractivity contribution in [3.8, 4) is 28.1 Å². The van der Waals surface area contributed by atoms with Crippen molar-refractivity contribution < 1.29 is 9.53 Å². The van der Waals surface area contributed by atoms with Crippen LogP contribution in [0.3, 0.4) is 0 Å². The normalized spacial score (nSPS) is 11.7. The lowest BCUT2D eigenvalue weighted by Crippen LogP contribution is -2.36. The smallest absolute Gasteiger partial charge is 0.280 e. The van der Waals surface area contributed by atoms with Gasteiger partial charge in [-0.05, 0) is 39.3 Å². The van der Waals surface area contributed by atoms with Gasteiger partial charge < -0.3 is 10.1 Å². The summed E-state index contributed by atoms with van der Waals surface area (Å²) in [6.45, 7) is 8.52. The van der Waals surface area contributed by atoms with E-state index >= 15 is 0 Å². The summed E-state index contributed by atoms with van der Waals surface area (Å²) in [6, 6.07) is 24.6. The first-order valence-electron chi connectivity index (χ1n) is 12.2. The summed E-state index contributed by atoms with van der Waals surface area (Å²) < 4.78 is 7.16. The molecule has 1 N–H and O–H groups in total. The van der Waals surface area contributed by atoms with Crippen molar-refractivity contribution in [2.75, 3.05) is 6.61 Å². The molecular formula is C30H31N3O3. The Labute approximate surface area is 211 Å². The van der Waals surface area contributed by atoms with Gasteiger partial charge in [0.1, 0.15) is 11.3 Å². The van der Waals surface area contributed by atoms with Crippen molar-refractivity contribution in [1.82, 2.24) is 15.1 Å². The lowest BCUT2D eigenvalue weighted by Gasteiger charge is -2.21. The zero-order chi connectivity index (χ0) is 25.7. The molecule has 1 atom stereocenters. The van der Waals surface area contributed by atoms with Gasteiger partial charge in [-0.3, -0.25) is 9.59 Å². The zero-order valence-corrected chi connectivity index (χ0v) is 21.1. The Kier molecular flexibility index (Phi) is 7.64. The summed E-state index contributed by atoms with van der Waals surface area (Å²) in [6.07, 6.45) is 0. The number of hydrogen-bond donors (Lipinski definition) is 1. The van der Waals surface area contributed by atoms with Gasteiger partial charge in [0.15, 0.2) is 0 Å². The number of carbonyl (C=O) groups is 1. The van der Waals surface area contributed by atoms with E-state index in [0.29, 0.717) is 30.2 Å². The Morgan fingerprint density at radius 1 is 0.972 bits per heavy atom. The second-order valence-electron chi connectivity index (χ2n) is 8.62. The Bertz CT molecular complexity index is 1410. The van der Waals surface area contributed by atoms with Crippen LogP contribution in [0.15, 0.2) is 83.7 Å². The molecule has 0 saturated heterocycles. The molecule has 4 aromatic rings.